The Morgan fingerprint density at radius 3 is 2.48 bits per heavy atom. The van der Waals surface area contributed by atoms with E-state index in [9.17, 15) is 4.79 Å². The number of anilines is 1. The number of hydrogen-bond acceptors (Lipinski definition) is 6. The number of amides is 1. The largest absolute Gasteiger partial charge is 0.357 e. The second-order valence-corrected chi connectivity index (χ2v) is 7.62. The van der Waals surface area contributed by atoms with Crippen LogP contribution >= 0.6 is 11.5 Å². The van der Waals surface area contributed by atoms with Crippen molar-refractivity contribution in [1.29, 1.82) is 0 Å². The van der Waals surface area contributed by atoms with Crippen LogP contribution in [0, 0.1) is 0 Å². The summed E-state index contributed by atoms with van der Waals surface area (Å²) in [5.74, 6) is 2.08. The second-order valence-electron chi connectivity index (χ2n) is 6.89. The quantitative estimate of drug-likeness (QED) is 0.578. The van der Waals surface area contributed by atoms with Crippen LogP contribution in [0.2, 0.25) is 0 Å². The maximum atomic E-state index is 12.2. The molecule has 1 aromatic rings. The van der Waals surface area contributed by atoms with Crippen molar-refractivity contribution in [2.75, 3.05) is 57.3 Å². The van der Waals surface area contributed by atoms with E-state index in [2.05, 4.69) is 38.3 Å². The van der Waals surface area contributed by atoms with Crippen molar-refractivity contribution in [2.45, 2.75) is 39.5 Å². The number of nitrogens with zero attached hydrogens (tertiary/aromatic N) is 6. The van der Waals surface area contributed by atoms with Gasteiger partial charge in [-0.3, -0.25) is 9.79 Å². The first-order valence-corrected chi connectivity index (χ1v) is 10.9. The number of carbonyl (C=O) groups is 1. The molecule has 0 atom stereocenters. The minimum Gasteiger partial charge on any atom is -0.357 e. The highest BCUT2D eigenvalue weighted by Gasteiger charge is 2.22. The monoisotopic (exact) mass is 393 g/mol. The summed E-state index contributed by atoms with van der Waals surface area (Å²) in [4.78, 5) is 28.0. The van der Waals surface area contributed by atoms with Crippen LogP contribution in [0.3, 0.4) is 0 Å². The molecule has 2 fully saturated rings. The highest BCUT2D eigenvalue weighted by Crippen LogP contribution is 2.19. The molecule has 0 saturated carbocycles. The lowest BCUT2D eigenvalue weighted by Gasteiger charge is -2.36. The Labute approximate surface area is 165 Å². The van der Waals surface area contributed by atoms with E-state index in [1.807, 2.05) is 4.90 Å². The van der Waals surface area contributed by atoms with E-state index in [0.717, 1.165) is 82.0 Å². The zero-order valence-electron chi connectivity index (χ0n) is 16.5. The minimum atomic E-state index is 0.236. The summed E-state index contributed by atoms with van der Waals surface area (Å²) in [5, 5.41) is 4.39. The van der Waals surface area contributed by atoms with Gasteiger partial charge in [0.25, 0.3) is 0 Å². The van der Waals surface area contributed by atoms with Crippen molar-refractivity contribution in [3.63, 3.8) is 0 Å². The molecule has 0 bridgehead atoms. The van der Waals surface area contributed by atoms with Crippen molar-refractivity contribution in [3.8, 4) is 0 Å². The van der Waals surface area contributed by atoms with Gasteiger partial charge in [-0.05, 0) is 19.8 Å². The molecule has 150 valence electrons. The molecule has 3 heterocycles. The van der Waals surface area contributed by atoms with Gasteiger partial charge >= 0.3 is 0 Å². The highest BCUT2D eigenvalue weighted by molar-refractivity contribution is 7.09. The number of nitrogens with one attached hydrogen (secondary N) is 1. The smallest absolute Gasteiger partial charge is 0.224 e. The van der Waals surface area contributed by atoms with Crippen LogP contribution in [0.25, 0.3) is 0 Å². The third-order valence-electron chi connectivity index (χ3n) is 5.00. The second kappa shape index (κ2) is 9.87. The highest BCUT2D eigenvalue weighted by atomic mass is 32.1. The van der Waals surface area contributed by atoms with Gasteiger partial charge in [0.2, 0.25) is 11.0 Å². The van der Waals surface area contributed by atoms with Gasteiger partial charge in [0.15, 0.2) is 5.96 Å². The van der Waals surface area contributed by atoms with E-state index in [1.54, 1.807) is 0 Å². The first-order valence-electron chi connectivity index (χ1n) is 10.1. The third kappa shape index (κ3) is 5.31. The van der Waals surface area contributed by atoms with E-state index in [0.29, 0.717) is 13.0 Å². The molecule has 0 unspecified atom stereocenters. The van der Waals surface area contributed by atoms with Gasteiger partial charge in [-0.25, -0.2) is 4.98 Å². The molecule has 0 spiro atoms. The number of aliphatic imine (C=N–C) groups is 1. The molecule has 1 aromatic heterocycles. The van der Waals surface area contributed by atoms with E-state index in [-0.39, 0.29) is 5.91 Å². The van der Waals surface area contributed by atoms with Crippen molar-refractivity contribution in [3.05, 3.63) is 5.82 Å². The molecular weight excluding hydrogens is 362 g/mol. The molecule has 0 aliphatic carbocycles. The standard InChI is InChI=1S/C18H31N7OS/c1-3-15-21-18(27-22-15)25-13-11-24(12-14-25)17(19-4-2)20-8-7-16(26)23-9-5-6-10-23/h3-14H2,1-2H3,(H,19,20). The fraction of sp³-hybridized carbons (Fsp3) is 0.778. The molecule has 27 heavy (non-hydrogen) atoms. The number of aromatic nitrogens is 2. The number of guanidine groups is 1. The van der Waals surface area contributed by atoms with E-state index < -0.39 is 0 Å². The molecule has 9 heteroatoms. The molecule has 2 aliphatic rings. The minimum absolute atomic E-state index is 0.236. The number of hydrogen-bond donors (Lipinski definition) is 1. The van der Waals surface area contributed by atoms with Gasteiger partial charge in [0.1, 0.15) is 5.82 Å². The molecule has 0 radical (unpaired) electrons. The topological polar surface area (TPSA) is 77.0 Å². The van der Waals surface area contributed by atoms with Gasteiger partial charge < -0.3 is 20.0 Å². The summed E-state index contributed by atoms with van der Waals surface area (Å²) in [6, 6.07) is 0. The molecule has 2 saturated heterocycles. The fourth-order valence-electron chi connectivity index (χ4n) is 3.43. The molecule has 2 aliphatic heterocycles. The van der Waals surface area contributed by atoms with Crippen LogP contribution in [0.5, 0.6) is 0 Å². The lowest BCUT2D eigenvalue weighted by Crippen LogP contribution is -2.52. The van der Waals surface area contributed by atoms with Crippen molar-refractivity contribution in [2.24, 2.45) is 4.99 Å². The number of rotatable bonds is 6. The first-order chi connectivity index (χ1) is 13.2. The van der Waals surface area contributed by atoms with Crippen LogP contribution in [-0.4, -0.2) is 83.4 Å². The van der Waals surface area contributed by atoms with Gasteiger partial charge in [-0.2, -0.15) is 4.37 Å². The zero-order valence-corrected chi connectivity index (χ0v) is 17.3. The molecule has 8 nitrogen and oxygen atoms in total. The van der Waals surface area contributed by atoms with Crippen LogP contribution < -0.4 is 10.2 Å². The lowest BCUT2D eigenvalue weighted by atomic mass is 10.3. The maximum Gasteiger partial charge on any atom is 0.224 e. The first kappa shape index (κ1) is 19.9. The van der Waals surface area contributed by atoms with Crippen LogP contribution in [-0.2, 0) is 11.2 Å². The predicted molar refractivity (Wildman–Crippen MR) is 109 cm³/mol. The molecule has 0 aromatic carbocycles. The summed E-state index contributed by atoms with van der Waals surface area (Å²) in [6.07, 6.45) is 3.65. The Morgan fingerprint density at radius 1 is 1.11 bits per heavy atom. The van der Waals surface area contributed by atoms with Crippen LogP contribution in [0.4, 0.5) is 5.13 Å². The average Bonchev–Trinajstić information content (AvgIpc) is 3.39. The van der Waals surface area contributed by atoms with Crippen molar-refractivity contribution in [1.82, 2.24) is 24.5 Å². The van der Waals surface area contributed by atoms with Crippen molar-refractivity contribution >= 4 is 28.5 Å². The SMILES string of the molecule is CCNC(=NCCC(=O)N1CCCC1)N1CCN(c2nc(CC)ns2)CC1. The summed E-state index contributed by atoms with van der Waals surface area (Å²) < 4.78 is 4.39. The Kier molecular flexibility index (Phi) is 7.25. The molecule has 3 rings (SSSR count). The predicted octanol–water partition coefficient (Wildman–Crippen LogP) is 1.20. The third-order valence-corrected chi connectivity index (χ3v) is 5.82. The Bertz CT molecular complexity index is 633. The Balaban J connectivity index is 1.50. The lowest BCUT2D eigenvalue weighted by molar-refractivity contribution is -0.129. The number of likely N-dealkylation sites (tertiary alicyclic amines) is 1. The summed E-state index contributed by atoms with van der Waals surface area (Å²) >= 11 is 1.49. The van der Waals surface area contributed by atoms with Crippen molar-refractivity contribution < 1.29 is 4.79 Å². The average molecular weight is 394 g/mol. The van der Waals surface area contributed by atoms with E-state index in [1.165, 1.54) is 11.5 Å². The van der Waals surface area contributed by atoms with Gasteiger partial charge in [-0.1, -0.05) is 6.92 Å². The number of carbonyl (C=O) groups excluding carboxylic acids is 1. The molecular formula is C18H31N7OS. The van der Waals surface area contributed by atoms with Crippen LogP contribution in [0.1, 0.15) is 38.9 Å². The van der Waals surface area contributed by atoms with Gasteiger partial charge in [0, 0.05) is 70.2 Å². The van der Waals surface area contributed by atoms with E-state index >= 15 is 0 Å². The molecule has 1 N–H and O–H groups in total. The van der Waals surface area contributed by atoms with Gasteiger partial charge in [0.05, 0.1) is 6.54 Å². The van der Waals surface area contributed by atoms with Gasteiger partial charge in [-0.15, -0.1) is 0 Å². The zero-order chi connectivity index (χ0) is 19.1. The Morgan fingerprint density at radius 2 is 1.85 bits per heavy atom. The molecule has 1 amide bonds. The summed E-state index contributed by atoms with van der Waals surface area (Å²) in [7, 11) is 0. The maximum absolute atomic E-state index is 12.2. The van der Waals surface area contributed by atoms with Crippen LogP contribution in [0.15, 0.2) is 4.99 Å². The Hall–Kier alpha value is -1.90. The summed E-state index contributed by atoms with van der Waals surface area (Å²) in [6.45, 7) is 11.0. The fourth-order valence-corrected chi connectivity index (χ4v) is 4.24. The normalized spacial score (nSPS) is 18.3. The van der Waals surface area contributed by atoms with E-state index in [4.69, 9.17) is 4.99 Å². The number of piperazine rings is 1. The summed E-state index contributed by atoms with van der Waals surface area (Å²) in [5.41, 5.74) is 0. The number of aryl methyl sites for hydroxylation is 1.